The number of aromatic nitrogens is 2. The SMILES string of the molecule is CC(C)CC(CNC(=O)c1cn(CCN(C)C)c2cccc(Cl)c12)c1cccnc1. The summed E-state index contributed by atoms with van der Waals surface area (Å²) in [6.07, 6.45) is 6.58. The maximum atomic E-state index is 13.2. The Morgan fingerprint density at radius 3 is 2.70 bits per heavy atom. The van der Waals surface area contributed by atoms with Crippen LogP contribution in [-0.4, -0.2) is 47.5 Å². The molecule has 0 aliphatic carbocycles. The molecule has 160 valence electrons. The van der Waals surface area contributed by atoms with Gasteiger partial charge in [0.15, 0.2) is 0 Å². The van der Waals surface area contributed by atoms with E-state index in [0.29, 0.717) is 23.0 Å². The van der Waals surface area contributed by atoms with Crippen molar-refractivity contribution in [2.75, 3.05) is 27.2 Å². The fourth-order valence-corrected chi connectivity index (χ4v) is 4.08. The maximum absolute atomic E-state index is 13.2. The molecule has 0 bridgehead atoms. The smallest absolute Gasteiger partial charge is 0.253 e. The summed E-state index contributed by atoms with van der Waals surface area (Å²) in [5.41, 5.74) is 2.77. The van der Waals surface area contributed by atoms with Crippen molar-refractivity contribution in [3.8, 4) is 0 Å². The molecule has 6 heteroatoms. The van der Waals surface area contributed by atoms with E-state index in [1.165, 1.54) is 0 Å². The van der Waals surface area contributed by atoms with Gasteiger partial charge in [-0.15, -0.1) is 0 Å². The average molecular weight is 427 g/mol. The van der Waals surface area contributed by atoms with Gasteiger partial charge in [-0.05, 0) is 50.2 Å². The normalized spacial score (nSPS) is 12.6. The lowest BCUT2D eigenvalue weighted by Crippen LogP contribution is -2.29. The molecule has 2 aromatic heterocycles. The van der Waals surface area contributed by atoms with Crippen LogP contribution >= 0.6 is 11.6 Å². The number of amides is 1. The van der Waals surface area contributed by atoms with Crippen molar-refractivity contribution < 1.29 is 4.79 Å². The summed E-state index contributed by atoms with van der Waals surface area (Å²) in [6.45, 7) is 6.64. The Balaban J connectivity index is 1.83. The van der Waals surface area contributed by atoms with Crippen molar-refractivity contribution in [3.63, 3.8) is 0 Å². The predicted octanol–water partition coefficient (Wildman–Crippen LogP) is 4.81. The first-order valence-corrected chi connectivity index (χ1v) is 10.8. The van der Waals surface area contributed by atoms with Crippen molar-refractivity contribution in [1.82, 2.24) is 19.8 Å². The van der Waals surface area contributed by atoms with Gasteiger partial charge in [0.25, 0.3) is 5.91 Å². The van der Waals surface area contributed by atoms with E-state index in [2.05, 4.69) is 39.7 Å². The first kappa shape index (κ1) is 22.3. The van der Waals surface area contributed by atoms with Crippen LogP contribution in [0.3, 0.4) is 0 Å². The summed E-state index contributed by atoms with van der Waals surface area (Å²) in [6, 6.07) is 9.82. The lowest BCUT2D eigenvalue weighted by atomic mass is 9.91. The fourth-order valence-electron chi connectivity index (χ4n) is 3.81. The van der Waals surface area contributed by atoms with Crippen LogP contribution in [0.15, 0.2) is 48.9 Å². The number of benzene rings is 1. The van der Waals surface area contributed by atoms with Crippen LogP contribution in [0.2, 0.25) is 5.02 Å². The molecule has 5 nitrogen and oxygen atoms in total. The van der Waals surface area contributed by atoms with Gasteiger partial charge in [-0.3, -0.25) is 9.78 Å². The molecular formula is C24H31ClN4O. The number of hydrogen-bond acceptors (Lipinski definition) is 3. The van der Waals surface area contributed by atoms with Crippen molar-refractivity contribution in [2.24, 2.45) is 5.92 Å². The zero-order chi connectivity index (χ0) is 21.7. The Hall–Kier alpha value is -2.37. The Morgan fingerprint density at radius 1 is 1.23 bits per heavy atom. The molecule has 0 aliphatic heterocycles. The van der Waals surface area contributed by atoms with Gasteiger partial charge in [0.2, 0.25) is 0 Å². The van der Waals surface area contributed by atoms with E-state index in [4.69, 9.17) is 11.6 Å². The largest absolute Gasteiger partial charge is 0.351 e. The minimum Gasteiger partial charge on any atom is -0.351 e. The van der Waals surface area contributed by atoms with Gasteiger partial charge >= 0.3 is 0 Å². The highest BCUT2D eigenvalue weighted by Crippen LogP contribution is 2.29. The highest BCUT2D eigenvalue weighted by atomic mass is 35.5. The summed E-state index contributed by atoms with van der Waals surface area (Å²) >= 11 is 6.50. The molecule has 1 unspecified atom stereocenters. The quantitative estimate of drug-likeness (QED) is 0.534. The van der Waals surface area contributed by atoms with E-state index in [9.17, 15) is 4.79 Å². The summed E-state index contributed by atoms with van der Waals surface area (Å²) in [5, 5.41) is 4.57. The third-order valence-corrected chi connectivity index (χ3v) is 5.62. The third-order valence-electron chi connectivity index (χ3n) is 5.31. The number of nitrogens with zero attached hydrogens (tertiary/aromatic N) is 3. The molecule has 0 fully saturated rings. The van der Waals surface area contributed by atoms with Crippen LogP contribution in [0.5, 0.6) is 0 Å². The van der Waals surface area contributed by atoms with Crippen molar-refractivity contribution >= 4 is 28.4 Å². The van der Waals surface area contributed by atoms with Crippen LogP contribution in [-0.2, 0) is 6.54 Å². The lowest BCUT2D eigenvalue weighted by Gasteiger charge is -2.19. The topological polar surface area (TPSA) is 50.2 Å². The molecule has 1 aromatic carbocycles. The zero-order valence-electron chi connectivity index (χ0n) is 18.2. The number of hydrogen-bond donors (Lipinski definition) is 1. The number of nitrogens with one attached hydrogen (secondary N) is 1. The second-order valence-corrected chi connectivity index (χ2v) is 8.90. The molecule has 0 spiro atoms. The Labute approximate surface area is 184 Å². The number of fused-ring (bicyclic) bond motifs is 1. The van der Waals surface area contributed by atoms with E-state index in [-0.39, 0.29) is 11.8 Å². The van der Waals surface area contributed by atoms with Crippen LogP contribution in [0.25, 0.3) is 10.9 Å². The Kier molecular flexibility index (Phi) is 7.51. The molecule has 3 aromatic rings. The van der Waals surface area contributed by atoms with E-state index in [0.717, 1.165) is 36.0 Å². The molecule has 2 heterocycles. The van der Waals surface area contributed by atoms with E-state index < -0.39 is 0 Å². The van der Waals surface area contributed by atoms with Gasteiger partial charge in [0.1, 0.15) is 0 Å². The molecule has 1 atom stereocenters. The predicted molar refractivity (Wildman–Crippen MR) is 124 cm³/mol. The number of pyridine rings is 1. The standard InChI is InChI=1S/C24H31ClN4O/c1-17(2)13-19(18-7-6-10-26-14-18)15-27-24(30)20-16-29(12-11-28(3)4)22-9-5-8-21(25)23(20)22/h5-10,14,16-17,19H,11-13,15H2,1-4H3,(H,27,30). The van der Waals surface area contributed by atoms with Crippen LogP contribution in [0.4, 0.5) is 0 Å². The Bertz CT molecular complexity index is 982. The van der Waals surface area contributed by atoms with Gasteiger partial charge in [0.05, 0.1) is 16.1 Å². The van der Waals surface area contributed by atoms with Crippen molar-refractivity contribution in [2.45, 2.75) is 32.7 Å². The van der Waals surface area contributed by atoms with Crippen LogP contribution in [0.1, 0.15) is 42.1 Å². The van der Waals surface area contributed by atoms with Crippen LogP contribution in [0, 0.1) is 5.92 Å². The number of rotatable bonds is 9. The maximum Gasteiger partial charge on any atom is 0.253 e. The first-order valence-electron chi connectivity index (χ1n) is 10.5. The van der Waals surface area contributed by atoms with Crippen molar-refractivity contribution in [3.05, 3.63) is 65.1 Å². The lowest BCUT2D eigenvalue weighted by molar-refractivity contribution is 0.0951. The summed E-state index contributed by atoms with van der Waals surface area (Å²) < 4.78 is 2.11. The van der Waals surface area contributed by atoms with Gasteiger partial charge in [-0.25, -0.2) is 0 Å². The summed E-state index contributed by atoms with van der Waals surface area (Å²) in [7, 11) is 4.08. The molecule has 0 aliphatic rings. The molecule has 0 radical (unpaired) electrons. The molecule has 1 amide bonds. The van der Waals surface area contributed by atoms with Crippen LogP contribution < -0.4 is 5.32 Å². The average Bonchev–Trinajstić information content (AvgIpc) is 3.10. The van der Waals surface area contributed by atoms with E-state index >= 15 is 0 Å². The molecule has 30 heavy (non-hydrogen) atoms. The second-order valence-electron chi connectivity index (χ2n) is 8.50. The molecule has 0 saturated heterocycles. The first-order chi connectivity index (χ1) is 14.4. The van der Waals surface area contributed by atoms with Gasteiger partial charge in [0, 0.05) is 49.5 Å². The summed E-state index contributed by atoms with van der Waals surface area (Å²) in [5.74, 6) is 0.657. The molecule has 3 rings (SSSR count). The van der Waals surface area contributed by atoms with Crippen molar-refractivity contribution in [1.29, 1.82) is 0 Å². The highest BCUT2D eigenvalue weighted by molar-refractivity contribution is 6.36. The zero-order valence-corrected chi connectivity index (χ0v) is 19.0. The highest BCUT2D eigenvalue weighted by Gasteiger charge is 2.20. The third kappa shape index (κ3) is 5.41. The molecular weight excluding hydrogens is 396 g/mol. The Morgan fingerprint density at radius 2 is 2.03 bits per heavy atom. The van der Waals surface area contributed by atoms with E-state index in [1.54, 1.807) is 6.20 Å². The minimum atomic E-state index is -0.0886. The molecule has 0 saturated carbocycles. The second kappa shape index (κ2) is 10.1. The monoisotopic (exact) mass is 426 g/mol. The van der Waals surface area contributed by atoms with Gasteiger partial charge in [-0.2, -0.15) is 0 Å². The van der Waals surface area contributed by atoms with Gasteiger partial charge in [-0.1, -0.05) is 37.6 Å². The number of carbonyl (C=O) groups is 1. The fraction of sp³-hybridized carbons (Fsp3) is 0.417. The number of likely N-dealkylation sites (N-methyl/N-ethyl adjacent to an activating group) is 1. The molecule has 1 N–H and O–H groups in total. The summed E-state index contributed by atoms with van der Waals surface area (Å²) in [4.78, 5) is 19.6. The minimum absolute atomic E-state index is 0.0886. The number of halogens is 1. The number of carbonyl (C=O) groups excluding carboxylic acids is 1. The van der Waals surface area contributed by atoms with E-state index in [1.807, 2.05) is 50.8 Å². The van der Waals surface area contributed by atoms with Gasteiger partial charge < -0.3 is 14.8 Å².